The molecule has 0 fully saturated rings. The zero-order valence-corrected chi connectivity index (χ0v) is 11.2. The van der Waals surface area contributed by atoms with Crippen LogP contribution in [0.15, 0.2) is 58.7 Å². The third-order valence-electron chi connectivity index (χ3n) is 2.18. The summed E-state index contributed by atoms with van der Waals surface area (Å²) in [6, 6.07) is 3.85. The van der Waals surface area contributed by atoms with Gasteiger partial charge in [0.15, 0.2) is 5.84 Å². The first-order valence-electron chi connectivity index (χ1n) is 5.32. The second-order valence-electron chi connectivity index (χ2n) is 3.50. The highest BCUT2D eigenvalue weighted by molar-refractivity contribution is 9.10. The fourth-order valence-electron chi connectivity index (χ4n) is 1.38. The number of hydrogen-bond donors (Lipinski definition) is 1. The lowest BCUT2D eigenvalue weighted by atomic mass is 10.3. The highest BCUT2D eigenvalue weighted by Crippen LogP contribution is 2.07. The number of aromatic nitrogens is 3. The topological polar surface area (TPSA) is 69.1 Å². The van der Waals surface area contributed by atoms with Gasteiger partial charge in [0.25, 0.3) is 0 Å². The van der Waals surface area contributed by atoms with Crippen molar-refractivity contribution in [1.82, 2.24) is 14.8 Å². The van der Waals surface area contributed by atoms with Gasteiger partial charge in [0.05, 0.1) is 17.2 Å². The summed E-state index contributed by atoms with van der Waals surface area (Å²) in [7, 11) is 0. The van der Waals surface area contributed by atoms with E-state index in [-0.39, 0.29) is 0 Å². The van der Waals surface area contributed by atoms with Gasteiger partial charge < -0.3 is 5.73 Å². The summed E-state index contributed by atoms with van der Waals surface area (Å²) in [6.45, 7) is 0.533. The molecular formula is C12H12BrN5. The number of pyridine rings is 1. The molecule has 92 valence electrons. The van der Waals surface area contributed by atoms with Gasteiger partial charge in [-0.3, -0.25) is 9.98 Å². The molecule has 0 aromatic carbocycles. The highest BCUT2D eigenvalue weighted by atomic mass is 79.9. The molecule has 2 aromatic heterocycles. The minimum absolute atomic E-state index is 0.533. The summed E-state index contributed by atoms with van der Waals surface area (Å²) >= 11 is 3.34. The molecule has 2 heterocycles. The first-order valence-corrected chi connectivity index (χ1v) is 6.11. The van der Waals surface area contributed by atoms with Crippen molar-refractivity contribution in [3.8, 4) is 0 Å². The number of nitrogens with zero attached hydrogens (tertiary/aromatic N) is 4. The normalized spacial score (nSPS) is 12.2. The molecule has 0 radical (unpaired) electrons. The summed E-state index contributed by atoms with van der Waals surface area (Å²) in [6.07, 6.45) is 10.2. The lowest BCUT2D eigenvalue weighted by molar-refractivity contribution is 0.912. The second kappa shape index (κ2) is 6.11. The summed E-state index contributed by atoms with van der Waals surface area (Å²) in [4.78, 5) is 8.50. The van der Waals surface area contributed by atoms with Crippen LogP contribution in [0.3, 0.4) is 0 Å². The Morgan fingerprint density at radius 2 is 2.39 bits per heavy atom. The van der Waals surface area contributed by atoms with E-state index in [0.29, 0.717) is 12.4 Å². The smallest absolute Gasteiger partial charge is 0.150 e. The molecular weight excluding hydrogens is 294 g/mol. The van der Waals surface area contributed by atoms with Crippen LogP contribution in [0, 0.1) is 0 Å². The fourth-order valence-corrected chi connectivity index (χ4v) is 1.66. The van der Waals surface area contributed by atoms with Gasteiger partial charge in [0.2, 0.25) is 0 Å². The molecule has 0 aliphatic heterocycles. The summed E-state index contributed by atoms with van der Waals surface area (Å²) < 4.78 is 2.55. The number of halogens is 1. The molecule has 0 amide bonds. The molecule has 0 bridgehead atoms. The van der Waals surface area contributed by atoms with E-state index < -0.39 is 0 Å². The standard InChI is InChI=1S/C12H12BrN5/c13-11-8-17-18(9-11)12(3-4-14)16-7-10-2-1-5-15-6-10/h1-6,8-9H,7,14H2. The second-order valence-corrected chi connectivity index (χ2v) is 4.41. The molecule has 2 aromatic rings. The van der Waals surface area contributed by atoms with E-state index in [0.717, 1.165) is 10.0 Å². The molecule has 6 heteroatoms. The van der Waals surface area contributed by atoms with E-state index in [9.17, 15) is 0 Å². The third-order valence-corrected chi connectivity index (χ3v) is 2.59. The van der Waals surface area contributed by atoms with Crippen LogP contribution < -0.4 is 5.73 Å². The SMILES string of the molecule is NC=CC(=NCc1cccnc1)n1cc(Br)cn1. The molecule has 0 aliphatic rings. The van der Waals surface area contributed by atoms with Gasteiger partial charge in [-0.15, -0.1) is 0 Å². The van der Waals surface area contributed by atoms with Crippen LogP contribution in [0.5, 0.6) is 0 Å². The molecule has 0 unspecified atom stereocenters. The van der Waals surface area contributed by atoms with E-state index in [1.807, 2.05) is 18.3 Å². The molecule has 5 nitrogen and oxygen atoms in total. The van der Waals surface area contributed by atoms with E-state index in [2.05, 4.69) is 31.0 Å². The minimum Gasteiger partial charge on any atom is -0.404 e. The minimum atomic E-state index is 0.533. The van der Waals surface area contributed by atoms with Crippen LogP contribution in [-0.4, -0.2) is 20.6 Å². The Morgan fingerprint density at radius 1 is 1.50 bits per heavy atom. The quantitative estimate of drug-likeness (QED) is 0.696. The van der Waals surface area contributed by atoms with Gasteiger partial charge in [-0.05, 0) is 39.8 Å². The molecule has 0 saturated carbocycles. The Hall–Kier alpha value is -1.95. The summed E-state index contributed by atoms with van der Waals surface area (Å²) in [5.41, 5.74) is 6.45. The van der Waals surface area contributed by atoms with Crippen molar-refractivity contribution in [2.24, 2.45) is 10.7 Å². The number of aliphatic imine (C=N–C) groups is 1. The average Bonchev–Trinajstić information content (AvgIpc) is 2.82. The van der Waals surface area contributed by atoms with Crippen molar-refractivity contribution in [3.05, 3.63) is 59.2 Å². The van der Waals surface area contributed by atoms with E-state index in [4.69, 9.17) is 5.73 Å². The van der Waals surface area contributed by atoms with Crippen LogP contribution in [0.4, 0.5) is 0 Å². The predicted molar refractivity (Wildman–Crippen MR) is 74.0 cm³/mol. The number of allylic oxidation sites excluding steroid dienone is 1. The lowest BCUT2D eigenvalue weighted by Crippen LogP contribution is -2.10. The van der Waals surface area contributed by atoms with Gasteiger partial charge >= 0.3 is 0 Å². The van der Waals surface area contributed by atoms with E-state index in [1.54, 1.807) is 29.3 Å². The number of nitrogens with two attached hydrogens (primary N) is 1. The van der Waals surface area contributed by atoms with Crippen LogP contribution in [0.2, 0.25) is 0 Å². The molecule has 0 saturated heterocycles. The van der Waals surface area contributed by atoms with Crippen molar-refractivity contribution in [3.63, 3.8) is 0 Å². The van der Waals surface area contributed by atoms with Crippen molar-refractivity contribution < 1.29 is 0 Å². The average molecular weight is 306 g/mol. The fraction of sp³-hybridized carbons (Fsp3) is 0.0833. The Labute approximate surface area is 113 Å². The Kier molecular flexibility index (Phi) is 4.25. The maximum Gasteiger partial charge on any atom is 0.150 e. The number of rotatable bonds is 3. The molecule has 2 rings (SSSR count). The predicted octanol–water partition coefficient (Wildman–Crippen LogP) is 1.96. The molecule has 18 heavy (non-hydrogen) atoms. The summed E-state index contributed by atoms with van der Waals surface area (Å²) in [5.74, 6) is 0.673. The van der Waals surface area contributed by atoms with Crippen LogP contribution in [-0.2, 0) is 6.54 Å². The van der Waals surface area contributed by atoms with Gasteiger partial charge in [-0.1, -0.05) is 6.07 Å². The van der Waals surface area contributed by atoms with Gasteiger partial charge in [0, 0.05) is 18.6 Å². The first kappa shape index (κ1) is 12.5. The maximum atomic E-state index is 5.42. The summed E-state index contributed by atoms with van der Waals surface area (Å²) in [5, 5.41) is 4.16. The molecule has 0 atom stereocenters. The van der Waals surface area contributed by atoms with Gasteiger partial charge in [-0.25, -0.2) is 4.68 Å². The van der Waals surface area contributed by atoms with E-state index in [1.165, 1.54) is 6.20 Å². The monoisotopic (exact) mass is 305 g/mol. The zero-order chi connectivity index (χ0) is 12.8. The third kappa shape index (κ3) is 3.27. The molecule has 0 aliphatic carbocycles. The maximum absolute atomic E-state index is 5.42. The van der Waals surface area contributed by atoms with Crippen molar-refractivity contribution in [1.29, 1.82) is 0 Å². The highest BCUT2D eigenvalue weighted by Gasteiger charge is 2.00. The Morgan fingerprint density at radius 3 is 3.00 bits per heavy atom. The Balaban J connectivity index is 2.20. The first-order chi connectivity index (χ1) is 8.79. The van der Waals surface area contributed by atoms with Crippen LogP contribution in [0.1, 0.15) is 5.56 Å². The van der Waals surface area contributed by atoms with Crippen LogP contribution in [0.25, 0.3) is 0 Å². The zero-order valence-electron chi connectivity index (χ0n) is 9.57. The molecule has 0 spiro atoms. The van der Waals surface area contributed by atoms with E-state index >= 15 is 0 Å². The van der Waals surface area contributed by atoms with Gasteiger partial charge in [-0.2, -0.15) is 5.10 Å². The van der Waals surface area contributed by atoms with Gasteiger partial charge in [0.1, 0.15) is 0 Å². The van der Waals surface area contributed by atoms with Crippen molar-refractivity contribution >= 4 is 21.8 Å². The van der Waals surface area contributed by atoms with Crippen LogP contribution >= 0.6 is 15.9 Å². The van der Waals surface area contributed by atoms with Crippen molar-refractivity contribution in [2.45, 2.75) is 6.54 Å². The lowest BCUT2D eigenvalue weighted by Gasteiger charge is -2.01. The largest absolute Gasteiger partial charge is 0.404 e. The molecule has 2 N–H and O–H groups in total. The Bertz CT molecular complexity index is 559. The van der Waals surface area contributed by atoms with Crippen molar-refractivity contribution in [2.75, 3.05) is 0 Å². The number of hydrogen-bond acceptors (Lipinski definition) is 4.